The van der Waals surface area contributed by atoms with Gasteiger partial charge in [0, 0.05) is 11.8 Å². The SMILES string of the molecule is NS(=O)(=O)c1ccc(OCC(=O)Nc2ccc(S(=O)(=O)C(F)F)cc2)c([N+](=O)[O-])c1. The Balaban J connectivity index is 2.09. The number of nitrogens with two attached hydrogens (primary N) is 1. The topological polar surface area (TPSA) is 176 Å². The van der Waals surface area contributed by atoms with Crippen molar-refractivity contribution < 1.29 is 40.1 Å². The summed E-state index contributed by atoms with van der Waals surface area (Å²) in [5.41, 5.74) is -0.688. The number of sulfone groups is 1. The molecule has 0 aliphatic rings. The Morgan fingerprint density at radius 2 is 1.67 bits per heavy atom. The lowest BCUT2D eigenvalue weighted by molar-refractivity contribution is -0.386. The highest BCUT2D eigenvalue weighted by molar-refractivity contribution is 7.91. The molecule has 0 saturated heterocycles. The van der Waals surface area contributed by atoms with Gasteiger partial charge in [0.2, 0.25) is 19.9 Å². The van der Waals surface area contributed by atoms with Crippen molar-refractivity contribution in [3.8, 4) is 5.75 Å². The number of nitro groups is 1. The minimum Gasteiger partial charge on any atom is -0.477 e. The number of alkyl halides is 2. The second kappa shape index (κ2) is 8.68. The minimum absolute atomic E-state index is 0.0517. The van der Waals surface area contributed by atoms with Gasteiger partial charge in [-0.05, 0) is 36.4 Å². The maximum absolute atomic E-state index is 12.5. The van der Waals surface area contributed by atoms with Crippen LogP contribution in [0.1, 0.15) is 0 Å². The van der Waals surface area contributed by atoms with Crippen LogP contribution in [0.3, 0.4) is 0 Å². The summed E-state index contributed by atoms with van der Waals surface area (Å²) in [7, 11) is -8.98. The molecule has 0 heterocycles. The van der Waals surface area contributed by atoms with Crippen LogP contribution in [-0.4, -0.2) is 40.0 Å². The number of primary sulfonamides is 1. The van der Waals surface area contributed by atoms with Gasteiger partial charge >= 0.3 is 11.4 Å². The summed E-state index contributed by atoms with van der Waals surface area (Å²) in [6.07, 6.45) is 0. The van der Waals surface area contributed by atoms with E-state index in [1.54, 1.807) is 0 Å². The van der Waals surface area contributed by atoms with Crippen molar-refractivity contribution in [1.29, 1.82) is 0 Å². The van der Waals surface area contributed by atoms with Crippen molar-refractivity contribution in [3.63, 3.8) is 0 Å². The van der Waals surface area contributed by atoms with Gasteiger partial charge in [0.1, 0.15) is 0 Å². The van der Waals surface area contributed by atoms with Gasteiger partial charge in [-0.2, -0.15) is 8.78 Å². The summed E-state index contributed by atoms with van der Waals surface area (Å²) >= 11 is 0. The van der Waals surface area contributed by atoms with E-state index < -0.39 is 64.3 Å². The van der Waals surface area contributed by atoms with Gasteiger partial charge in [0.25, 0.3) is 5.91 Å². The third-order valence-corrected chi connectivity index (χ3v) is 5.82. The van der Waals surface area contributed by atoms with Gasteiger partial charge < -0.3 is 10.1 Å². The number of anilines is 1. The molecule has 11 nitrogen and oxygen atoms in total. The Morgan fingerprint density at radius 3 is 2.17 bits per heavy atom. The number of nitrogens with zero attached hydrogens (tertiary/aromatic N) is 1. The fraction of sp³-hybridized carbons (Fsp3) is 0.133. The van der Waals surface area contributed by atoms with E-state index in [2.05, 4.69) is 5.32 Å². The summed E-state index contributed by atoms with van der Waals surface area (Å²) in [5.74, 6) is -4.81. The Hall–Kier alpha value is -3.17. The zero-order valence-corrected chi connectivity index (χ0v) is 16.3. The number of carbonyl (C=O) groups is 1. The molecule has 0 aliphatic carbocycles. The molecule has 0 fully saturated rings. The van der Waals surface area contributed by atoms with Gasteiger partial charge in [0.05, 0.1) is 14.7 Å². The number of nitro benzene ring substituents is 1. The minimum atomic E-state index is -4.78. The standard InChI is InChI=1S/C15H13F2N3O8S2/c16-15(17)29(24,25)10-3-1-9(2-4-10)19-14(21)8-28-13-6-5-11(30(18,26)27)7-12(13)20(22)23/h1-7,15H,8H2,(H,19,21)(H2,18,26,27). The van der Waals surface area contributed by atoms with Crippen molar-refractivity contribution >= 4 is 37.1 Å². The van der Waals surface area contributed by atoms with E-state index in [1.807, 2.05) is 0 Å². The lowest BCUT2D eigenvalue weighted by atomic mass is 10.3. The Labute approximate surface area is 168 Å². The summed E-state index contributed by atoms with van der Waals surface area (Å²) in [6.45, 7) is -0.730. The molecular formula is C15H13F2N3O8S2. The first-order valence-electron chi connectivity index (χ1n) is 7.68. The molecular weight excluding hydrogens is 452 g/mol. The number of sulfonamides is 1. The normalized spacial score (nSPS) is 11.9. The van der Waals surface area contributed by atoms with Gasteiger partial charge in [-0.15, -0.1) is 0 Å². The van der Waals surface area contributed by atoms with Crippen LogP contribution in [0, 0.1) is 10.1 Å². The van der Waals surface area contributed by atoms with Crippen LogP contribution in [0.4, 0.5) is 20.2 Å². The van der Waals surface area contributed by atoms with E-state index in [1.165, 1.54) is 0 Å². The van der Waals surface area contributed by atoms with E-state index in [0.717, 1.165) is 36.4 Å². The maximum atomic E-state index is 12.5. The van der Waals surface area contributed by atoms with E-state index >= 15 is 0 Å². The van der Waals surface area contributed by atoms with Crippen molar-refractivity contribution in [2.75, 3.05) is 11.9 Å². The molecule has 2 rings (SSSR count). The molecule has 0 bridgehead atoms. The van der Waals surface area contributed by atoms with E-state index in [-0.39, 0.29) is 5.69 Å². The number of amides is 1. The van der Waals surface area contributed by atoms with E-state index in [9.17, 15) is 40.5 Å². The van der Waals surface area contributed by atoms with Crippen molar-refractivity contribution in [2.24, 2.45) is 5.14 Å². The number of rotatable bonds is 8. The van der Waals surface area contributed by atoms with Crippen LogP contribution in [0.25, 0.3) is 0 Å². The Morgan fingerprint density at radius 1 is 1.10 bits per heavy atom. The molecule has 15 heteroatoms. The number of hydrogen-bond acceptors (Lipinski definition) is 8. The van der Waals surface area contributed by atoms with Crippen LogP contribution < -0.4 is 15.2 Å². The highest BCUT2D eigenvalue weighted by Crippen LogP contribution is 2.29. The molecule has 0 aromatic heterocycles. The van der Waals surface area contributed by atoms with Crippen LogP contribution in [-0.2, 0) is 24.7 Å². The monoisotopic (exact) mass is 465 g/mol. The number of carbonyl (C=O) groups excluding carboxylic acids is 1. The molecule has 0 aliphatic heterocycles. The summed E-state index contributed by atoms with van der Waals surface area (Å²) in [4.78, 5) is 20.9. The largest absolute Gasteiger partial charge is 0.477 e. The molecule has 0 radical (unpaired) electrons. The van der Waals surface area contributed by atoms with Crippen LogP contribution >= 0.6 is 0 Å². The molecule has 3 N–H and O–H groups in total. The Bertz CT molecular complexity index is 1180. The number of nitrogens with one attached hydrogen (secondary N) is 1. The first-order chi connectivity index (χ1) is 13.8. The summed E-state index contributed by atoms with van der Waals surface area (Å²) in [6, 6.07) is 6.45. The van der Waals surface area contributed by atoms with Gasteiger partial charge in [-0.1, -0.05) is 0 Å². The third-order valence-electron chi connectivity index (χ3n) is 3.52. The molecule has 2 aromatic carbocycles. The number of halogens is 2. The summed E-state index contributed by atoms with van der Waals surface area (Å²) < 4.78 is 75.2. The quantitative estimate of drug-likeness (QED) is 0.432. The highest BCUT2D eigenvalue weighted by Gasteiger charge is 2.26. The molecule has 30 heavy (non-hydrogen) atoms. The zero-order valence-electron chi connectivity index (χ0n) is 14.7. The Kier molecular flexibility index (Phi) is 6.69. The highest BCUT2D eigenvalue weighted by atomic mass is 32.2. The van der Waals surface area contributed by atoms with Crippen LogP contribution in [0.5, 0.6) is 5.75 Å². The van der Waals surface area contributed by atoms with Gasteiger partial charge in [-0.3, -0.25) is 14.9 Å². The first kappa shape index (κ1) is 23.1. The number of ether oxygens (including phenoxy) is 1. The fourth-order valence-electron chi connectivity index (χ4n) is 2.11. The van der Waals surface area contributed by atoms with E-state index in [0.29, 0.717) is 6.07 Å². The number of benzene rings is 2. The van der Waals surface area contributed by atoms with Crippen molar-refractivity contribution in [1.82, 2.24) is 0 Å². The second-order valence-corrected chi connectivity index (χ2v) is 9.08. The number of hydrogen-bond donors (Lipinski definition) is 2. The summed E-state index contributed by atoms with van der Waals surface area (Å²) in [5, 5.41) is 18.3. The molecule has 0 atom stereocenters. The van der Waals surface area contributed by atoms with Gasteiger partial charge in [0.15, 0.2) is 12.4 Å². The lowest BCUT2D eigenvalue weighted by Crippen LogP contribution is -2.20. The smallest absolute Gasteiger partial charge is 0.341 e. The first-order valence-corrected chi connectivity index (χ1v) is 10.8. The molecule has 0 spiro atoms. The predicted octanol–water partition coefficient (Wildman–Crippen LogP) is 1.26. The van der Waals surface area contributed by atoms with Crippen molar-refractivity contribution in [3.05, 3.63) is 52.6 Å². The average Bonchev–Trinajstić information content (AvgIpc) is 2.65. The third kappa shape index (κ3) is 5.46. The van der Waals surface area contributed by atoms with Crippen LogP contribution in [0.15, 0.2) is 52.3 Å². The van der Waals surface area contributed by atoms with Crippen molar-refractivity contribution in [2.45, 2.75) is 15.5 Å². The second-order valence-electron chi connectivity index (χ2n) is 5.60. The van der Waals surface area contributed by atoms with Crippen LogP contribution in [0.2, 0.25) is 0 Å². The maximum Gasteiger partial charge on any atom is 0.341 e. The van der Waals surface area contributed by atoms with Gasteiger partial charge in [-0.25, -0.2) is 22.0 Å². The fourth-order valence-corrected chi connectivity index (χ4v) is 3.36. The predicted molar refractivity (Wildman–Crippen MR) is 98.2 cm³/mol. The zero-order chi connectivity index (χ0) is 22.7. The molecule has 162 valence electrons. The molecule has 1 amide bonds. The molecule has 0 unspecified atom stereocenters. The lowest BCUT2D eigenvalue weighted by Gasteiger charge is -2.09. The molecule has 0 saturated carbocycles. The average molecular weight is 465 g/mol. The molecule has 2 aromatic rings. The van der Waals surface area contributed by atoms with E-state index in [4.69, 9.17) is 9.88 Å².